The van der Waals surface area contributed by atoms with Crippen molar-refractivity contribution in [3.05, 3.63) is 35.5 Å². The van der Waals surface area contributed by atoms with E-state index < -0.39 is 0 Å². The van der Waals surface area contributed by atoms with E-state index in [0.717, 1.165) is 17.8 Å². The summed E-state index contributed by atoms with van der Waals surface area (Å²) in [5.74, 6) is 1.35. The number of hydrogen-bond donors (Lipinski definition) is 0. The predicted molar refractivity (Wildman–Crippen MR) is 91.5 cm³/mol. The van der Waals surface area contributed by atoms with E-state index in [4.69, 9.17) is 9.72 Å². The second-order valence-corrected chi connectivity index (χ2v) is 6.59. The molecule has 0 bridgehead atoms. The minimum Gasteiger partial charge on any atom is -0.496 e. The Morgan fingerprint density at radius 3 is 2.64 bits per heavy atom. The van der Waals surface area contributed by atoms with Crippen molar-refractivity contribution >= 4 is 10.9 Å². The lowest BCUT2D eigenvalue weighted by molar-refractivity contribution is 0.221. The van der Waals surface area contributed by atoms with E-state index >= 15 is 0 Å². The van der Waals surface area contributed by atoms with E-state index in [9.17, 15) is 0 Å². The Labute approximate surface area is 133 Å². The molecule has 2 aromatic rings. The van der Waals surface area contributed by atoms with E-state index in [1.54, 1.807) is 7.11 Å². The van der Waals surface area contributed by atoms with Gasteiger partial charge < -0.3 is 4.74 Å². The third kappa shape index (κ3) is 3.09. The highest BCUT2D eigenvalue weighted by atomic mass is 16.5. The van der Waals surface area contributed by atoms with Crippen LogP contribution >= 0.6 is 0 Å². The third-order valence-electron chi connectivity index (χ3n) is 4.56. The zero-order valence-electron chi connectivity index (χ0n) is 13.9. The van der Waals surface area contributed by atoms with Gasteiger partial charge in [-0.3, -0.25) is 9.88 Å². The van der Waals surface area contributed by atoms with Gasteiger partial charge in [-0.2, -0.15) is 0 Å². The molecule has 0 spiro atoms. The Hall–Kier alpha value is -1.61. The maximum absolute atomic E-state index is 5.52. The number of aromatic nitrogens is 1. The van der Waals surface area contributed by atoms with Crippen molar-refractivity contribution in [1.82, 2.24) is 9.88 Å². The first-order chi connectivity index (χ1) is 10.7. The molecule has 1 aliphatic heterocycles. The lowest BCUT2D eigenvalue weighted by Gasteiger charge is -2.26. The maximum Gasteiger partial charge on any atom is 0.124 e. The number of likely N-dealkylation sites (tertiary alicyclic amines) is 1. The maximum atomic E-state index is 5.52. The zero-order valence-corrected chi connectivity index (χ0v) is 13.9. The molecule has 3 rings (SSSR count). The Morgan fingerprint density at radius 2 is 1.95 bits per heavy atom. The number of piperidine rings is 1. The summed E-state index contributed by atoms with van der Waals surface area (Å²) in [7, 11) is 1.73. The smallest absolute Gasteiger partial charge is 0.124 e. The first kappa shape index (κ1) is 15.3. The van der Waals surface area contributed by atoms with Crippen LogP contribution in [0.1, 0.15) is 50.2 Å². The molecule has 0 saturated carbocycles. The van der Waals surface area contributed by atoms with Crippen LogP contribution in [-0.2, 0) is 6.54 Å². The SMILES string of the molecule is COc1ccc2cc(CN3CCCCC3)cnc2c1C(C)C. The largest absolute Gasteiger partial charge is 0.496 e. The summed E-state index contributed by atoms with van der Waals surface area (Å²) in [6.07, 6.45) is 6.08. The number of benzene rings is 1. The van der Waals surface area contributed by atoms with E-state index in [0.29, 0.717) is 5.92 Å². The summed E-state index contributed by atoms with van der Waals surface area (Å²) in [5.41, 5.74) is 3.61. The highest BCUT2D eigenvalue weighted by Crippen LogP contribution is 2.33. The Kier molecular flexibility index (Phi) is 4.63. The van der Waals surface area contributed by atoms with Gasteiger partial charge in [-0.05, 0) is 55.6 Å². The number of hydrogen-bond acceptors (Lipinski definition) is 3. The summed E-state index contributed by atoms with van der Waals surface area (Å²) >= 11 is 0. The summed E-state index contributed by atoms with van der Waals surface area (Å²) in [6, 6.07) is 6.50. The van der Waals surface area contributed by atoms with Gasteiger partial charge in [-0.15, -0.1) is 0 Å². The standard InChI is InChI=1S/C19H26N2O/c1-14(2)18-17(22-3)8-7-16-11-15(12-20-19(16)18)13-21-9-5-4-6-10-21/h7-8,11-12,14H,4-6,9-10,13H2,1-3H3. The number of pyridine rings is 1. The molecule has 1 saturated heterocycles. The van der Waals surface area contributed by atoms with Crippen molar-refractivity contribution < 1.29 is 4.74 Å². The quantitative estimate of drug-likeness (QED) is 0.839. The Balaban J connectivity index is 1.93. The van der Waals surface area contributed by atoms with Crippen molar-refractivity contribution in [3.63, 3.8) is 0 Å². The van der Waals surface area contributed by atoms with E-state index in [1.165, 1.54) is 48.9 Å². The molecular formula is C19H26N2O. The van der Waals surface area contributed by atoms with Crippen molar-refractivity contribution in [2.24, 2.45) is 0 Å². The Bertz CT molecular complexity index is 645. The molecule has 0 amide bonds. The fourth-order valence-corrected chi connectivity index (χ4v) is 3.45. The molecule has 1 aromatic carbocycles. The van der Waals surface area contributed by atoms with Crippen LogP contribution in [0.5, 0.6) is 5.75 Å². The van der Waals surface area contributed by atoms with Crippen LogP contribution in [0.15, 0.2) is 24.4 Å². The second kappa shape index (κ2) is 6.66. The molecule has 0 radical (unpaired) electrons. The number of fused-ring (bicyclic) bond motifs is 1. The molecule has 0 N–H and O–H groups in total. The van der Waals surface area contributed by atoms with Gasteiger partial charge in [0.1, 0.15) is 5.75 Å². The fourth-order valence-electron chi connectivity index (χ4n) is 3.45. The number of ether oxygens (including phenoxy) is 1. The van der Waals surface area contributed by atoms with Gasteiger partial charge in [0.15, 0.2) is 0 Å². The van der Waals surface area contributed by atoms with Crippen LogP contribution in [0, 0.1) is 0 Å². The molecule has 22 heavy (non-hydrogen) atoms. The summed E-state index contributed by atoms with van der Waals surface area (Å²) in [6.45, 7) is 7.85. The molecular weight excluding hydrogens is 272 g/mol. The van der Waals surface area contributed by atoms with Crippen molar-refractivity contribution in [1.29, 1.82) is 0 Å². The minimum absolute atomic E-state index is 0.402. The molecule has 3 heteroatoms. The summed E-state index contributed by atoms with van der Waals surface area (Å²) in [4.78, 5) is 7.31. The van der Waals surface area contributed by atoms with Gasteiger partial charge >= 0.3 is 0 Å². The first-order valence-electron chi connectivity index (χ1n) is 8.37. The number of nitrogens with zero attached hydrogens (tertiary/aromatic N) is 2. The van der Waals surface area contributed by atoms with Gasteiger partial charge in [0, 0.05) is 23.7 Å². The van der Waals surface area contributed by atoms with Crippen LogP contribution in [-0.4, -0.2) is 30.1 Å². The Morgan fingerprint density at radius 1 is 1.18 bits per heavy atom. The van der Waals surface area contributed by atoms with Crippen molar-refractivity contribution in [2.45, 2.75) is 45.6 Å². The highest BCUT2D eigenvalue weighted by Gasteiger charge is 2.15. The number of methoxy groups -OCH3 is 1. The topological polar surface area (TPSA) is 25.4 Å². The van der Waals surface area contributed by atoms with Crippen LogP contribution in [0.25, 0.3) is 10.9 Å². The van der Waals surface area contributed by atoms with E-state index in [1.807, 2.05) is 6.20 Å². The molecule has 1 aliphatic rings. The van der Waals surface area contributed by atoms with Crippen molar-refractivity contribution in [2.75, 3.05) is 20.2 Å². The van der Waals surface area contributed by atoms with Crippen LogP contribution < -0.4 is 4.74 Å². The molecule has 118 valence electrons. The number of rotatable bonds is 4. The fraction of sp³-hybridized carbons (Fsp3) is 0.526. The van der Waals surface area contributed by atoms with Gasteiger partial charge in [0.05, 0.1) is 12.6 Å². The predicted octanol–water partition coefficient (Wildman–Crippen LogP) is 4.35. The van der Waals surface area contributed by atoms with Gasteiger partial charge in [-0.1, -0.05) is 20.3 Å². The minimum atomic E-state index is 0.402. The average molecular weight is 298 g/mol. The molecule has 0 unspecified atom stereocenters. The van der Waals surface area contributed by atoms with Gasteiger partial charge in [0.2, 0.25) is 0 Å². The highest BCUT2D eigenvalue weighted by molar-refractivity contribution is 5.85. The van der Waals surface area contributed by atoms with Crippen LogP contribution in [0.2, 0.25) is 0 Å². The molecule has 3 nitrogen and oxygen atoms in total. The lowest BCUT2D eigenvalue weighted by Crippen LogP contribution is -2.29. The molecule has 0 atom stereocenters. The normalized spacial score (nSPS) is 16.4. The summed E-state index contributed by atoms with van der Waals surface area (Å²) < 4.78 is 5.52. The third-order valence-corrected chi connectivity index (χ3v) is 4.56. The average Bonchev–Trinajstić information content (AvgIpc) is 2.54. The molecule has 1 aromatic heterocycles. The molecule has 2 heterocycles. The zero-order chi connectivity index (χ0) is 15.5. The van der Waals surface area contributed by atoms with Gasteiger partial charge in [0.25, 0.3) is 0 Å². The van der Waals surface area contributed by atoms with E-state index in [2.05, 4.69) is 36.9 Å². The van der Waals surface area contributed by atoms with Gasteiger partial charge in [-0.25, -0.2) is 0 Å². The molecule has 1 fully saturated rings. The lowest BCUT2D eigenvalue weighted by atomic mass is 9.97. The van der Waals surface area contributed by atoms with Crippen molar-refractivity contribution in [3.8, 4) is 5.75 Å². The monoisotopic (exact) mass is 298 g/mol. The second-order valence-electron chi connectivity index (χ2n) is 6.59. The summed E-state index contributed by atoms with van der Waals surface area (Å²) in [5, 5.41) is 1.22. The van der Waals surface area contributed by atoms with Crippen LogP contribution in [0.3, 0.4) is 0 Å². The molecule has 0 aliphatic carbocycles. The van der Waals surface area contributed by atoms with E-state index in [-0.39, 0.29) is 0 Å². The first-order valence-corrected chi connectivity index (χ1v) is 8.37. The van der Waals surface area contributed by atoms with Crippen LogP contribution in [0.4, 0.5) is 0 Å².